The number of likely N-dealkylation sites (N-methyl/N-ethyl adjacent to an activating group) is 1. The average molecular weight is 453 g/mol. The molecule has 0 unspecified atom stereocenters. The fourth-order valence-corrected chi connectivity index (χ4v) is 5.50. The van der Waals surface area contributed by atoms with Gasteiger partial charge in [-0.3, -0.25) is 19.8 Å². The van der Waals surface area contributed by atoms with Gasteiger partial charge in [-0.2, -0.15) is 0 Å². The number of nitrogens with one attached hydrogen (secondary N) is 1. The fraction of sp³-hybridized carbons (Fsp3) is 0.375. The van der Waals surface area contributed by atoms with Crippen molar-refractivity contribution in [3.05, 3.63) is 64.7 Å². The van der Waals surface area contributed by atoms with Crippen LogP contribution in [0.1, 0.15) is 11.1 Å². The SMILES string of the molecule is CN1CCN2c3cccc(Cl)c3C[C@]3(C(=O)NC(=O)N(CCc4ccccc4)C3=O)[C@@H]2C1. The number of nitrogens with zero attached hydrogens (tertiary/aromatic N) is 3. The van der Waals surface area contributed by atoms with E-state index in [0.717, 1.165) is 23.4 Å². The van der Waals surface area contributed by atoms with Crippen molar-refractivity contribution in [3.8, 4) is 0 Å². The quantitative estimate of drug-likeness (QED) is 0.723. The van der Waals surface area contributed by atoms with Crippen LogP contribution in [0.4, 0.5) is 10.5 Å². The number of halogens is 1. The second-order valence-corrected chi connectivity index (χ2v) is 9.22. The molecule has 0 saturated carbocycles. The number of carbonyl (C=O) groups excluding carboxylic acids is 3. The maximum Gasteiger partial charge on any atom is 0.330 e. The molecule has 0 aromatic heterocycles. The summed E-state index contributed by atoms with van der Waals surface area (Å²) in [5.41, 5.74) is 1.37. The molecule has 4 amide bonds. The number of amides is 4. The number of hydrogen-bond donors (Lipinski definition) is 1. The molecule has 5 rings (SSSR count). The molecule has 2 atom stereocenters. The first kappa shape index (κ1) is 21.0. The second-order valence-electron chi connectivity index (χ2n) is 8.81. The summed E-state index contributed by atoms with van der Waals surface area (Å²) in [6, 6.07) is 14.3. The van der Waals surface area contributed by atoms with Gasteiger partial charge in [-0.1, -0.05) is 48.0 Å². The Bertz CT molecular complexity index is 1090. The van der Waals surface area contributed by atoms with Crippen molar-refractivity contribution < 1.29 is 14.4 Å². The van der Waals surface area contributed by atoms with Gasteiger partial charge in [0.05, 0.1) is 6.04 Å². The average Bonchev–Trinajstić information content (AvgIpc) is 2.78. The zero-order chi connectivity index (χ0) is 22.5. The Hall–Kier alpha value is -2.90. The molecule has 0 aliphatic carbocycles. The van der Waals surface area contributed by atoms with E-state index >= 15 is 0 Å². The molecule has 2 aromatic carbocycles. The molecule has 8 heteroatoms. The van der Waals surface area contributed by atoms with Gasteiger partial charge in [0, 0.05) is 43.3 Å². The molecule has 32 heavy (non-hydrogen) atoms. The van der Waals surface area contributed by atoms with Crippen LogP contribution in [0.5, 0.6) is 0 Å². The molecule has 0 bridgehead atoms. The van der Waals surface area contributed by atoms with Crippen LogP contribution in [-0.2, 0) is 22.4 Å². The lowest BCUT2D eigenvalue weighted by Gasteiger charge is -2.55. The van der Waals surface area contributed by atoms with E-state index in [1.54, 1.807) is 6.07 Å². The van der Waals surface area contributed by atoms with Crippen LogP contribution >= 0.6 is 11.6 Å². The maximum absolute atomic E-state index is 14.0. The van der Waals surface area contributed by atoms with E-state index in [1.165, 1.54) is 4.90 Å². The number of barbiturate groups is 1. The molecule has 1 spiro atoms. The molecular weight excluding hydrogens is 428 g/mol. The summed E-state index contributed by atoms with van der Waals surface area (Å²) in [5.74, 6) is -0.961. The van der Waals surface area contributed by atoms with Gasteiger partial charge in [-0.15, -0.1) is 0 Å². The predicted octanol–water partition coefficient (Wildman–Crippen LogP) is 2.32. The number of urea groups is 1. The van der Waals surface area contributed by atoms with Crippen molar-refractivity contribution in [2.24, 2.45) is 5.41 Å². The van der Waals surface area contributed by atoms with Crippen LogP contribution in [0.2, 0.25) is 5.02 Å². The van der Waals surface area contributed by atoms with Crippen molar-refractivity contribution >= 4 is 35.1 Å². The van der Waals surface area contributed by atoms with Crippen molar-refractivity contribution in [1.29, 1.82) is 0 Å². The number of benzene rings is 2. The van der Waals surface area contributed by atoms with Gasteiger partial charge in [0.25, 0.3) is 0 Å². The van der Waals surface area contributed by atoms with Gasteiger partial charge in [0.15, 0.2) is 5.41 Å². The zero-order valence-corrected chi connectivity index (χ0v) is 18.6. The lowest BCUT2D eigenvalue weighted by Crippen LogP contribution is -2.75. The Morgan fingerprint density at radius 2 is 1.84 bits per heavy atom. The first-order valence-corrected chi connectivity index (χ1v) is 11.2. The highest BCUT2D eigenvalue weighted by Gasteiger charge is 2.62. The van der Waals surface area contributed by atoms with Gasteiger partial charge in [-0.25, -0.2) is 4.79 Å². The summed E-state index contributed by atoms with van der Waals surface area (Å²) in [7, 11) is 1.99. The van der Waals surface area contributed by atoms with E-state index in [-0.39, 0.29) is 19.0 Å². The van der Waals surface area contributed by atoms with Gasteiger partial charge in [0.2, 0.25) is 11.8 Å². The first-order valence-electron chi connectivity index (χ1n) is 10.9. The Morgan fingerprint density at radius 1 is 1.06 bits per heavy atom. The largest absolute Gasteiger partial charge is 0.364 e. The highest BCUT2D eigenvalue weighted by atomic mass is 35.5. The number of imide groups is 2. The van der Waals surface area contributed by atoms with Gasteiger partial charge in [0.1, 0.15) is 0 Å². The van der Waals surface area contributed by atoms with E-state index in [9.17, 15) is 14.4 Å². The van der Waals surface area contributed by atoms with Crippen molar-refractivity contribution in [3.63, 3.8) is 0 Å². The fourth-order valence-electron chi connectivity index (χ4n) is 5.26. The monoisotopic (exact) mass is 452 g/mol. The summed E-state index contributed by atoms with van der Waals surface area (Å²) < 4.78 is 0. The lowest BCUT2D eigenvalue weighted by molar-refractivity contribution is -0.154. The second kappa shape index (κ2) is 7.90. The number of fused-ring (bicyclic) bond motifs is 4. The van der Waals surface area contributed by atoms with Gasteiger partial charge < -0.3 is 9.80 Å². The summed E-state index contributed by atoms with van der Waals surface area (Å²) in [5, 5.41) is 3.03. The molecule has 2 fully saturated rings. The third kappa shape index (κ3) is 3.19. The van der Waals surface area contributed by atoms with E-state index in [4.69, 9.17) is 11.6 Å². The van der Waals surface area contributed by atoms with Crippen molar-refractivity contribution in [2.75, 3.05) is 38.1 Å². The van der Waals surface area contributed by atoms with E-state index in [2.05, 4.69) is 15.1 Å². The normalized spacial score (nSPS) is 25.6. The molecule has 3 aliphatic rings. The number of piperazine rings is 1. The molecule has 7 nitrogen and oxygen atoms in total. The molecule has 2 saturated heterocycles. The molecular formula is C24H25ClN4O3. The van der Waals surface area contributed by atoms with Crippen LogP contribution in [0.15, 0.2) is 48.5 Å². The Morgan fingerprint density at radius 3 is 2.62 bits per heavy atom. The minimum atomic E-state index is -1.41. The summed E-state index contributed by atoms with van der Waals surface area (Å²) >= 11 is 6.55. The summed E-state index contributed by atoms with van der Waals surface area (Å²) in [6.45, 7) is 2.24. The van der Waals surface area contributed by atoms with Crippen molar-refractivity contribution in [1.82, 2.24) is 15.1 Å². The van der Waals surface area contributed by atoms with Crippen molar-refractivity contribution in [2.45, 2.75) is 18.9 Å². The summed E-state index contributed by atoms with van der Waals surface area (Å²) in [6.07, 6.45) is 0.701. The molecule has 1 N–H and O–H groups in total. The van der Waals surface area contributed by atoms with E-state index in [1.807, 2.05) is 49.5 Å². The van der Waals surface area contributed by atoms with E-state index < -0.39 is 23.3 Å². The molecule has 0 radical (unpaired) electrons. The first-order chi connectivity index (χ1) is 15.4. The maximum atomic E-state index is 14.0. The molecule has 166 valence electrons. The third-order valence-electron chi connectivity index (χ3n) is 6.98. The Kier molecular flexibility index (Phi) is 5.18. The minimum Gasteiger partial charge on any atom is -0.364 e. The molecule has 3 heterocycles. The number of carbonyl (C=O) groups is 3. The van der Waals surface area contributed by atoms with Gasteiger partial charge in [-0.05, 0) is 36.7 Å². The summed E-state index contributed by atoms with van der Waals surface area (Å²) in [4.78, 5) is 45.6. The third-order valence-corrected chi connectivity index (χ3v) is 7.33. The number of anilines is 1. The number of hydrogen-bond acceptors (Lipinski definition) is 5. The standard InChI is InChI=1S/C24H25ClN4O3/c1-27-12-13-28-19-9-5-8-18(25)17(19)14-24(20(28)15-27)21(30)26-23(32)29(22(24)31)11-10-16-6-3-2-4-7-16/h2-9,20H,10-15H2,1H3,(H,26,30,32)/t20-,24+/m0/s1. The Labute approximate surface area is 191 Å². The smallest absolute Gasteiger partial charge is 0.330 e. The van der Waals surface area contributed by atoms with Gasteiger partial charge >= 0.3 is 6.03 Å². The Balaban J connectivity index is 1.55. The zero-order valence-electron chi connectivity index (χ0n) is 17.9. The van der Waals surface area contributed by atoms with Crippen LogP contribution in [0.3, 0.4) is 0 Å². The molecule has 2 aromatic rings. The molecule has 3 aliphatic heterocycles. The topological polar surface area (TPSA) is 73.0 Å². The van der Waals surface area contributed by atoms with Crippen LogP contribution in [0.25, 0.3) is 0 Å². The highest BCUT2D eigenvalue weighted by molar-refractivity contribution is 6.32. The van der Waals surface area contributed by atoms with Crippen LogP contribution in [-0.4, -0.2) is 66.9 Å². The predicted molar refractivity (Wildman–Crippen MR) is 122 cm³/mol. The van der Waals surface area contributed by atoms with E-state index in [0.29, 0.717) is 24.5 Å². The van der Waals surface area contributed by atoms with Crippen LogP contribution in [0, 0.1) is 5.41 Å². The number of rotatable bonds is 3. The minimum absolute atomic E-state index is 0.177. The lowest BCUT2D eigenvalue weighted by atomic mass is 9.67. The highest BCUT2D eigenvalue weighted by Crippen LogP contribution is 2.47. The van der Waals surface area contributed by atoms with Crippen LogP contribution < -0.4 is 10.2 Å².